The molecular formula is C25H29N3O4. The van der Waals surface area contributed by atoms with Crippen LogP contribution in [0, 0.1) is 6.92 Å². The molecule has 1 amide bonds. The lowest BCUT2D eigenvalue weighted by Crippen LogP contribution is -2.31. The van der Waals surface area contributed by atoms with Crippen LogP contribution in [0.2, 0.25) is 0 Å². The molecule has 2 heterocycles. The summed E-state index contributed by atoms with van der Waals surface area (Å²) >= 11 is 0. The van der Waals surface area contributed by atoms with Gasteiger partial charge in [-0.2, -0.15) is 5.10 Å². The highest BCUT2D eigenvalue weighted by atomic mass is 16.5. The molecule has 2 aromatic carbocycles. The van der Waals surface area contributed by atoms with Crippen molar-refractivity contribution in [2.24, 2.45) is 0 Å². The van der Waals surface area contributed by atoms with Crippen LogP contribution >= 0.6 is 0 Å². The van der Waals surface area contributed by atoms with Crippen LogP contribution in [0.25, 0.3) is 11.3 Å². The molecule has 0 aliphatic carbocycles. The lowest BCUT2D eigenvalue weighted by atomic mass is 9.95. The standard InChI is InChI=1S/C25H29N3O4/c1-4-12-32-18-8-5-7-17(15-18)24-21-22(19-14-16(2)9-10-20(19)29)26-27-23(21)25(30)28(24)11-6-13-31-3/h5,7-10,14-15,24,29H,4,6,11-13H2,1-3H3,(H,26,27)/t24-/m1/s1. The Labute approximate surface area is 188 Å². The molecule has 0 fully saturated rings. The zero-order valence-corrected chi connectivity index (χ0v) is 18.7. The van der Waals surface area contributed by atoms with Gasteiger partial charge in [-0.05, 0) is 49.6 Å². The van der Waals surface area contributed by atoms with Crippen LogP contribution in [0.4, 0.5) is 0 Å². The van der Waals surface area contributed by atoms with E-state index >= 15 is 0 Å². The largest absolute Gasteiger partial charge is 0.507 e. The number of nitrogens with one attached hydrogen (secondary N) is 1. The first-order valence-electron chi connectivity index (χ1n) is 11.0. The third kappa shape index (κ3) is 4.08. The third-order valence-corrected chi connectivity index (χ3v) is 5.67. The van der Waals surface area contributed by atoms with Gasteiger partial charge in [0.2, 0.25) is 0 Å². The van der Waals surface area contributed by atoms with Gasteiger partial charge >= 0.3 is 0 Å². The summed E-state index contributed by atoms with van der Waals surface area (Å²) in [4.78, 5) is 15.2. The highest BCUT2D eigenvalue weighted by Gasteiger charge is 2.42. The van der Waals surface area contributed by atoms with Gasteiger partial charge in [-0.25, -0.2) is 0 Å². The average Bonchev–Trinajstić information content (AvgIpc) is 3.33. The minimum Gasteiger partial charge on any atom is -0.507 e. The number of hydrogen-bond donors (Lipinski definition) is 2. The number of H-pyrrole nitrogens is 1. The number of benzene rings is 2. The van der Waals surface area contributed by atoms with Crippen LogP contribution < -0.4 is 4.74 Å². The van der Waals surface area contributed by atoms with Crippen LogP contribution in [0.1, 0.15) is 53.0 Å². The monoisotopic (exact) mass is 435 g/mol. The van der Waals surface area contributed by atoms with E-state index in [-0.39, 0.29) is 17.7 Å². The molecule has 168 valence electrons. The fourth-order valence-corrected chi connectivity index (χ4v) is 4.19. The Morgan fingerprint density at radius 1 is 1.19 bits per heavy atom. The highest BCUT2D eigenvalue weighted by Crippen LogP contribution is 2.45. The smallest absolute Gasteiger partial charge is 0.273 e. The normalized spacial score (nSPS) is 15.3. The van der Waals surface area contributed by atoms with Crippen LogP contribution in [-0.2, 0) is 4.74 Å². The van der Waals surface area contributed by atoms with Crippen molar-refractivity contribution in [2.45, 2.75) is 32.7 Å². The second kappa shape index (κ2) is 9.44. The zero-order valence-electron chi connectivity index (χ0n) is 18.7. The van der Waals surface area contributed by atoms with Crippen LogP contribution in [0.5, 0.6) is 11.5 Å². The second-order valence-corrected chi connectivity index (χ2v) is 8.05. The van der Waals surface area contributed by atoms with E-state index in [4.69, 9.17) is 9.47 Å². The number of aromatic amines is 1. The van der Waals surface area contributed by atoms with Gasteiger partial charge in [0.25, 0.3) is 5.91 Å². The minimum atomic E-state index is -0.340. The summed E-state index contributed by atoms with van der Waals surface area (Å²) in [6, 6.07) is 12.9. The maximum atomic E-state index is 13.3. The van der Waals surface area contributed by atoms with Crippen LogP contribution in [-0.4, -0.2) is 53.0 Å². The molecule has 7 nitrogen and oxygen atoms in total. The molecule has 0 unspecified atom stereocenters. The van der Waals surface area contributed by atoms with Crippen molar-refractivity contribution < 1.29 is 19.4 Å². The lowest BCUT2D eigenvalue weighted by Gasteiger charge is -2.26. The maximum absolute atomic E-state index is 13.3. The fraction of sp³-hybridized carbons (Fsp3) is 0.360. The number of ether oxygens (including phenoxy) is 2. The number of carbonyl (C=O) groups is 1. The summed E-state index contributed by atoms with van der Waals surface area (Å²) in [6.45, 7) is 5.76. The fourth-order valence-electron chi connectivity index (χ4n) is 4.19. The molecule has 0 spiro atoms. The Kier molecular flexibility index (Phi) is 6.46. The van der Waals surface area contributed by atoms with Crippen molar-refractivity contribution in [3.63, 3.8) is 0 Å². The molecule has 0 saturated carbocycles. The van der Waals surface area contributed by atoms with Crippen molar-refractivity contribution in [1.29, 1.82) is 0 Å². The van der Waals surface area contributed by atoms with E-state index in [0.717, 1.165) is 28.9 Å². The number of phenolic OH excluding ortho intramolecular Hbond substituents is 1. The van der Waals surface area contributed by atoms with Crippen molar-refractivity contribution in [3.8, 4) is 22.8 Å². The van der Waals surface area contributed by atoms with E-state index in [0.29, 0.717) is 43.1 Å². The average molecular weight is 436 g/mol. The summed E-state index contributed by atoms with van der Waals surface area (Å²) < 4.78 is 11.1. The number of methoxy groups -OCH3 is 1. The molecule has 1 aromatic heterocycles. The molecule has 2 N–H and O–H groups in total. The zero-order chi connectivity index (χ0) is 22.7. The number of aryl methyl sites for hydroxylation is 1. The van der Waals surface area contributed by atoms with E-state index in [1.807, 2.05) is 48.2 Å². The first-order chi connectivity index (χ1) is 15.5. The number of aromatic nitrogens is 2. The lowest BCUT2D eigenvalue weighted by molar-refractivity contribution is 0.0723. The number of rotatable bonds is 9. The summed E-state index contributed by atoms with van der Waals surface area (Å²) in [5.41, 5.74) is 4.38. The van der Waals surface area contributed by atoms with Crippen LogP contribution in [0.3, 0.4) is 0 Å². The molecule has 4 rings (SSSR count). The van der Waals surface area contributed by atoms with Crippen molar-refractivity contribution in [3.05, 3.63) is 64.8 Å². The molecule has 7 heteroatoms. The van der Waals surface area contributed by atoms with Crippen molar-refractivity contribution in [1.82, 2.24) is 15.1 Å². The number of carbonyl (C=O) groups excluding carboxylic acids is 1. The predicted octanol–water partition coefficient (Wildman–Crippen LogP) is 4.46. The molecular weight excluding hydrogens is 406 g/mol. The van der Waals surface area contributed by atoms with Crippen LogP contribution in [0.15, 0.2) is 42.5 Å². The minimum absolute atomic E-state index is 0.105. The number of phenols is 1. The third-order valence-electron chi connectivity index (χ3n) is 5.67. The topological polar surface area (TPSA) is 87.7 Å². The predicted molar refractivity (Wildman–Crippen MR) is 122 cm³/mol. The molecule has 1 atom stereocenters. The molecule has 3 aromatic rings. The molecule has 0 radical (unpaired) electrons. The summed E-state index contributed by atoms with van der Waals surface area (Å²) in [6.07, 6.45) is 1.63. The van der Waals surface area contributed by atoms with Gasteiger partial charge in [0.1, 0.15) is 22.9 Å². The van der Waals surface area contributed by atoms with Gasteiger partial charge in [0.05, 0.1) is 12.6 Å². The summed E-state index contributed by atoms with van der Waals surface area (Å²) in [7, 11) is 1.66. The number of fused-ring (bicyclic) bond motifs is 1. The Bertz CT molecular complexity index is 1110. The number of aromatic hydroxyl groups is 1. The molecule has 1 aliphatic rings. The number of hydrogen-bond acceptors (Lipinski definition) is 5. The highest BCUT2D eigenvalue weighted by molar-refractivity contribution is 6.00. The van der Waals surface area contributed by atoms with E-state index in [9.17, 15) is 9.90 Å². The van der Waals surface area contributed by atoms with E-state index in [2.05, 4.69) is 17.1 Å². The molecule has 0 bridgehead atoms. The second-order valence-electron chi connectivity index (χ2n) is 8.05. The Balaban J connectivity index is 1.82. The van der Waals surface area contributed by atoms with Gasteiger partial charge in [-0.1, -0.05) is 30.7 Å². The van der Waals surface area contributed by atoms with E-state index < -0.39 is 0 Å². The van der Waals surface area contributed by atoms with Gasteiger partial charge in [-0.15, -0.1) is 0 Å². The SMILES string of the molecule is CCCOc1cccc([C@@H]2c3c(-c4cc(C)ccc4O)n[nH]c3C(=O)N2CCCOC)c1. The first kappa shape index (κ1) is 21.9. The molecule has 32 heavy (non-hydrogen) atoms. The van der Waals surface area contributed by atoms with Gasteiger partial charge in [0, 0.05) is 31.4 Å². The van der Waals surface area contributed by atoms with Crippen molar-refractivity contribution >= 4 is 5.91 Å². The maximum Gasteiger partial charge on any atom is 0.273 e. The molecule has 0 saturated heterocycles. The number of nitrogens with zero attached hydrogens (tertiary/aromatic N) is 2. The number of amides is 1. The van der Waals surface area contributed by atoms with Gasteiger partial charge < -0.3 is 19.5 Å². The van der Waals surface area contributed by atoms with Gasteiger partial charge in [-0.3, -0.25) is 9.89 Å². The Morgan fingerprint density at radius 2 is 2.03 bits per heavy atom. The quantitative estimate of drug-likeness (QED) is 0.485. The summed E-state index contributed by atoms with van der Waals surface area (Å²) in [5, 5.41) is 17.9. The van der Waals surface area contributed by atoms with Gasteiger partial charge in [0.15, 0.2) is 0 Å². The van der Waals surface area contributed by atoms with E-state index in [1.54, 1.807) is 13.2 Å². The first-order valence-corrected chi connectivity index (χ1v) is 11.0. The Morgan fingerprint density at radius 3 is 2.81 bits per heavy atom. The van der Waals surface area contributed by atoms with Crippen molar-refractivity contribution in [2.75, 3.05) is 26.9 Å². The molecule has 1 aliphatic heterocycles. The summed E-state index contributed by atoms with van der Waals surface area (Å²) in [5.74, 6) is 0.798. The Hall–Kier alpha value is -3.32. The van der Waals surface area contributed by atoms with E-state index in [1.165, 1.54) is 0 Å².